The number of carbonyl (C=O) groups excluding carboxylic acids is 1. The lowest BCUT2D eigenvalue weighted by atomic mass is 10.1. The molecule has 1 saturated heterocycles. The zero-order valence-electron chi connectivity index (χ0n) is 15.0. The van der Waals surface area contributed by atoms with E-state index in [2.05, 4.69) is 4.99 Å². The molecule has 1 aliphatic heterocycles. The Hall–Kier alpha value is -1.95. The Bertz CT molecular complexity index is 681. The summed E-state index contributed by atoms with van der Waals surface area (Å²) in [4.78, 5) is 19.7. The number of amides is 1. The van der Waals surface area contributed by atoms with Gasteiger partial charge in [0.25, 0.3) is 5.91 Å². The van der Waals surface area contributed by atoms with E-state index in [1.165, 1.54) is 11.8 Å². The van der Waals surface area contributed by atoms with E-state index in [1.54, 1.807) is 25.2 Å². The van der Waals surface area contributed by atoms with Crippen LogP contribution in [-0.4, -0.2) is 42.3 Å². The van der Waals surface area contributed by atoms with Crippen LogP contribution in [0.1, 0.15) is 33.3 Å². The number of hydrogen-bond donors (Lipinski definition) is 0. The minimum Gasteiger partial charge on any atom is -0.497 e. The number of ether oxygens (including phenoxy) is 2. The molecule has 0 spiro atoms. The number of hydrogen-bond acceptors (Lipinski definition) is 5. The third kappa shape index (κ3) is 3.93. The van der Waals surface area contributed by atoms with Crippen molar-refractivity contribution in [3.63, 3.8) is 0 Å². The Morgan fingerprint density at radius 1 is 1.17 bits per heavy atom. The topological polar surface area (TPSA) is 51.1 Å². The lowest BCUT2D eigenvalue weighted by Crippen LogP contribution is -2.35. The van der Waals surface area contributed by atoms with Gasteiger partial charge < -0.3 is 9.47 Å². The molecular formula is C18H24N2O3S. The van der Waals surface area contributed by atoms with Crippen LogP contribution in [0.3, 0.4) is 0 Å². The van der Waals surface area contributed by atoms with Crippen LogP contribution >= 0.6 is 11.8 Å². The van der Waals surface area contributed by atoms with Gasteiger partial charge in [-0.2, -0.15) is 0 Å². The lowest BCUT2D eigenvalue weighted by Gasteiger charge is -2.20. The molecule has 6 heteroatoms. The van der Waals surface area contributed by atoms with Gasteiger partial charge in [-0.25, -0.2) is 0 Å². The Morgan fingerprint density at radius 2 is 1.88 bits per heavy atom. The molecule has 0 aliphatic carbocycles. The van der Waals surface area contributed by atoms with E-state index < -0.39 is 0 Å². The van der Waals surface area contributed by atoms with E-state index in [9.17, 15) is 4.79 Å². The SMILES string of the molecule is COc1ccc(/C=C2/SC(=NC(C)C)N(C(C)C)C2=O)c(OC)c1. The van der Waals surface area contributed by atoms with Crippen LogP contribution in [0.2, 0.25) is 0 Å². The van der Waals surface area contributed by atoms with Crippen LogP contribution < -0.4 is 9.47 Å². The molecule has 0 unspecified atom stereocenters. The highest BCUT2D eigenvalue weighted by Gasteiger charge is 2.35. The standard InChI is InChI=1S/C18H24N2O3S/c1-11(2)19-18-20(12(3)4)17(21)16(24-18)9-13-7-8-14(22-5)10-15(13)23-6/h7-12H,1-6H3/b16-9+,19-18?. The number of carbonyl (C=O) groups is 1. The molecule has 24 heavy (non-hydrogen) atoms. The largest absolute Gasteiger partial charge is 0.497 e. The smallest absolute Gasteiger partial charge is 0.266 e. The van der Waals surface area contributed by atoms with Crippen molar-refractivity contribution >= 4 is 28.9 Å². The van der Waals surface area contributed by atoms with E-state index in [0.717, 1.165) is 10.7 Å². The van der Waals surface area contributed by atoms with Crippen molar-refractivity contribution in [2.75, 3.05) is 14.2 Å². The molecule has 0 N–H and O–H groups in total. The summed E-state index contributed by atoms with van der Waals surface area (Å²) in [6.07, 6.45) is 1.85. The summed E-state index contributed by atoms with van der Waals surface area (Å²) < 4.78 is 10.6. The molecule has 2 rings (SSSR count). The van der Waals surface area contributed by atoms with Crippen molar-refractivity contribution in [2.24, 2.45) is 4.99 Å². The highest BCUT2D eigenvalue weighted by Crippen LogP contribution is 2.36. The second-order valence-corrected chi connectivity index (χ2v) is 7.00. The van der Waals surface area contributed by atoms with Gasteiger partial charge in [-0.05, 0) is 57.7 Å². The minimum absolute atomic E-state index is 0.0210. The second kappa shape index (κ2) is 7.75. The van der Waals surface area contributed by atoms with Gasteiger partial charge in [-0.15, -0.1) is 0 Å². The van der Waals surface area contributed by atoms with Crippen molar-refractivity contribution in [2.45, 2.75) is 39.8 Å². The Labute approximate surface area is 147 Å². The molecule has 0 atom stereocenters. The number of benzene rings is 1. The fourth-order valence-electron chi connectivity index (χ4n) is 2.33. The average molecular weight is 348 g/mol. The predicted molar refractivity (Wildman–Crippen MR) is 99.7 cm³/mol. The van der Waals surface area contributed by atoms with Crippen molar-refractivity contribution in [1.82, 2.24) is 4.90 Å². The van der Waals surface area contributed by atoms with Gasteiger partial charge in [0.15, 0.2) is 5.17 Å². The van der Waals surface area contributed by atoms with Crippen LogP contribution in [0, 0.1) is 0 Å². The number of thioether (sulfide) groups is 1. The summed E-state index contributed by atoms with van der Waals surface area (Å²) >= 11 is 1.41. The van der Waals surface area contributed by atoms with Crippen molar-refractivity contribution < 1.29 is 14.3 Å². The van der Waals surface area contributed by atoms with Crippen LogP contribution in [0.4, 0.5) is 0 Å². The first-order valence-corrected chi connectivity index (χ1v) is 8.72. The van der Waals surface area contributed by atoms with Gasteiger partial charge in [0, 0.05) is 23.7 Å². The minimum atomic E-state index is -0.0210. The normalized spacial score (nSPS) is 18.3. The third-order valence-electron chi connectivity index (χ3n) is 3.45. The van der Waals surface area contributed by atoms with Gasteiger partial charge in [0.05, 0.1) is 19.1 Å². The highest BCUT2D eigenvalue weighted by atomic mass is 32.2. The molecule has 0 saturated carbocycles. The summed E-state index contributed by atoms with van der Waals surface area (Å²) in [5, 5.41) is 0.753. The van der Waals surface area contributed by atoms with E-state index in [4.69, 9.17) is 9.47 Å². The fourth-order valence-corrected chi connectivity index (χ4v) is 3.56. The first-order chi connectivity index (χ1) is 11.4. The van der Waals surface area contributed by atoms with Crippen molar-refractivity contribution in [3.05, 3.63) is 28.7 Å². The van der Waals surface area contributed by atoms with Crippen molar-refractivity contribution in [1.29, 1.82) is 0 Å². The van der Waals surface area contributed by atoms with E-state index in [0.29, 0.717) is 16.4 Å². The summed E-state index contributed by atoms with van der Waals surface area (Å²) in [6, 6.07) is 5.74. The maximum atomic E-state index is 12.8. The fraction of sp³-hybridized carbons (Fsp3) is 0.444. The summed E-state index contributed by atoms with van der Waals surface area (Å²) in [5.74, 6) is 1.36. The molecule has 0 radical (unpaired) electrons. The molecule has 0 bridgehead atoms. The quantitative estimate of drug-likeness (QED) is 0.760. The van der Waals surface area contributed by atoms with Crippen LogP contribution in [0.15, 0.2) is 28.1 Å². The second-order valence-electron chi connectivity index (χ2n) is 5.99. The Balaban J connectivity index is 2.42. The first kappa shape index (κ1) is 18.4. The Kier molecular flexibility index (Phi) is 5.94. The van der Waals surface area contributed by atoms with E-state index >= 15 is 0 Å². The van der Waals surface area contributed by atoms with E-state index in [-0.39, 0.29) is 18.0 Å². The van der Waals surface area contributed by atoms with Crippen LogP contribution in [0.25, 0.3) is 6.08 Å². The molecule has 1 heterocycles. The van der Waals surface area contributed by atoms with Crippen LogP contribution in [-0.2, 0) is 4.79 Å². The molecule has 1 aliphatic rings. The molecule has 130 valence electrons. The summed E-state index contributed by atoms with van der Waals surface area (Å²) in [5.41, 5.74) is 0.837. The zero-order chi connectivity index (χ0) is 17.9. The first-order valence-electron chi connectivity index (χ1n) is 7.90. The number of aliphatic imine (C=N–C) groups is 1. The van der Waals surface area contributed by atoms with Crippen molar-refractivity contribution in [3.8, 4) is 11.5 Å². The maximum Gasteiger partial charge on any atom is 0.266 e. The molecular weight excluding hydrogens is 324 g/mol. The summed E-state index contributed by atoms with van der Waals surface area (Å²) in [6.45, 7) is 7.99. The molecule has 1 aromatic carbocycles. The summed E-state index contributed by atoms with van der Waals surface area (Å²) in [7, 11) is 3.21. The third-order valence-corrected chi connectivity index (χ3v) is 4.45. The van der Waals surface area contributed by atoms with Gasteiger partial charge in [-0.3, -0.25) is 14.7 Å². The predicted octanol–water partition coefficient (Wildman–Crippen LogP) is 3.79. The number of methoxy groups -OCH3 is 2. The maximum absolute atomic E-state index is 12.8. The van der Waals surface area contributed by atoms with E-state index in [1.807, 2.05) is 45.9 Å². The molecule has 5 nitrogen and oxygen atoms in total. The molecule has 1 fully saturated rings. The highest BCUT2D eigenvalue weighted by molar-refractivity contribution is 8.18. The molecule has 1 amide bonds. The molecule has 1 aromatic rings. The van der Waals surface area contributed by atoms with Gasteiger partial charge in [0.1, 0.15) is 11.5 Å². The monoisotopic (exact) mass is 348 g/mol. The molecule has 0 aromatic heterocycles. The zero-order valence-corrected chi connectivity index (χ0v) is 15.8. The number of rotatable bonds is 5. The van der Waals surface area contributed by atoms with Crippen LogP contribution in [0.5, 0.6) is 11.5 Å². The average Bonchev–Trinajstić information content (AvgIpc) is 2.82. The van der Waals surface area contributed by atoms with Gasteiger partial charge >= 0.3 is 0 Å². The van der Waals surface area contributed by atoms with Gasteiger partial charge in [-0.1, -0.05) is 0 Å². The Morgan fingerprint density at radius 3 is 2.42 bits per heavy atom. The number of amidine groups is 1. The number of nitrogens with zero attached hydrogens (tertiary/aromatic N) is 2. The van der Waals surface area contributed by atoms with Gasteiger partial charge in [0.2, 0.25) is 0 Å². The lowest BCUT2D eigenvalue weighted by molar-refractivity contribution is -0.123.